The predicted molar refractivity (Wildman–Crippen MR) is 72.1 cm³/mol. The summed E-state index contributed by atoms with van der Waals surface area (Å²) in [5.41, 5.74) is -1.06. The van der Waals surface area contributed by atoms with Crippen molar-refractivity contribution >= 4 is 0 Å². The molecule has 0 spiro atoms. The Labute approximate surface area is 106 Å². The number of alkyl halides is 1. The van der Waals surface area contributed by atoms with E-state index < -0.39 is 5.67 Å². The third-order valence-corrected chi connectivity index (χ3v) is 3.12. The van der Waals surface area contributed by atoms with E-state index in [2.05, 4.69) is 11.9 Å². The number of rotatable bonds is 11. The largest absolute Gasteiger partial charge is 0.377 e. The quantitative estimate of drug-likeness (QED) is 0.444. The molecule has 0 aliphatic heterocycles. The highest BCUT2D eigenvalue weighted by Crippen LogP contribution is 2.24. The molecule has 0 radical (unpaired) electrons. The first-order valence-electron chi connectivity index (χ1n) is 6.61. The number of hydrogen-bond acceptors (Lipinski definition) is 2. The Hall–Kier alpha value is -0.410. The maximum Gasteiger partial charge on any atom is 0.108 e. The topological polar surface area (TPSA) is 21.3 Å². The SMILES string of the molecule is C=CCCC(CC[C@@](C)(F)CC)OCCNC. The van der Waals surface area contributed by atoms with Gasteiger partial charge in [0.1, 0.15) is 5.67 Å². The summed E-state index contributed by atoms with van der Waals surface area (Å²) in [5.74, 6) is 0. The molecule has 1 unspecified atom stereocenters. The predicted octanol–water partition coefficient (Wildman–Crippen LogP) is 3.48. The van der Waals surface area contributed by atoms with Gasteiger partial charge < -0.3 is 10.1 Å². The van der Waals surface area contributed by atoms with E-state index >= 15 is 0 Å². The Balaban J connectivity index is 3.95. The average Bonchev–Trinajstić information content (AvgIpc) is 2.32. The zero-order chi connectivity index (χ0) is 13.1. The van der Waals surface area contributed by atoms with Gasteiger partial charge in [-0.25, -0.2) is 4.39 Å². The average molecular weight is 245 g/mol. The smallest absolute Gasteiger partial charge is 0.108 e. The molecule has 0 aromatic rings. The van der Waals surface area contributed by atoms with Crippen molar-refractivity contribution in [1.29, 1.82) is 0 Å². The highest BCUT2D eigenvalue weighted by Gasteiger charge is 2.22. The first-order chi connectivity index (χ1) is 8.05. The first kappa shape index (κ1) is 16.6. The van der Waals surface area contributed by atoms with Crippen LogP contribution in [0.1, 0.15) is 46.0 Å². The number of hydrogen-bond donors (Lipinski definition) is 1. The molecule has 17 heavy (non-hydrogen) atoms. The van der Waals surface area contributed by atoms with Gasteiger partial charge in [-0.2, -0.15) is 0 Å². The summed E-state index contributed by atoms with van der Waals surface area (Å²) in [5, 5.41) is 3.04. The minimum Gasteiger partial charge on any atom is -0.377 e. The minimum atomic E-state index is -1.06. The van der Waals surface area contributed by atoms with Gasteiger partial charge in [-0.1, -0.05) is 13.0 Å². The summed E-state index contributed by atoms with van der Waals surface area (Å²) in [6.45, 7) is 8.80. The lowest BCUT2D eigenvalue weighted by atomic mass is 9.96. The van der Waals surface area contributed by atoms with E-state index in [4.69, 9.17) is 4.74 Å². The van der Waals surface area contributed by atoms with Gasteiger partial charge in [-0.3, -0.25) is 0 Å². The molecule has 2 atom stereocenters. The molecule has 0 aliphatic rings. The molecule has 0 rings (SSSR count). The van der Waals surface area contributed by atoms with Crippen LogP contribution in [0.2, 0.25) is 0 Å². The van der Waals surface area contributed by atoms with Crippen molar-refractivity contribution < 1.29 is 9.13 Å². The number of halogens is 1. The van der Waals surface area contributed by atoms with Gasteiger partial charge >= 0.3 is 0 Å². The Kier molecular flexibility index (Phi) is 9.37. The van der Waals surface area contributed by atoms with Crippen LogP contribution >= 0.6 is 0 Å². The van der Waals surface area contributed by atoms with Gasteiger partial charge in [0, 0.05) is 6.54 Å². The van der Waals surface area contributed by atoms with Gasteiger partial charge in [-0.15, -0.1) is 6.58 Å². The number of nitrogens with one attached hydrogen (secondary N) is 1. The first-order valence-corrected chi connectivity index (χ1v) is 6.61. The Bertz CT molecular complexity index is 195. The normalized spacial score (nSPS) is 16.5. The van der Waals surface area contributed by atoms with Crippen LogP contribution in [0, 0.1) is 0 Å². The molecule has 0 aromatic heterocycles. The van der Waals surface area contributed by atoms with Gasteiger partial charge in [0.05, 0.1) is 12.7 Å². The molecule has 0 heterocycles. The summed E-state index contributed by atoms with van der Waals surface area (Å²) >= 11 is 0. The Morgan fingerprint density at radius 3 is 2.71 bits per heavy atom. The maximum absolute atomic E-state index is 13.8. The lowest BCUT2D eigenvalue weighted by Gasteiger charge is -2.23. The van der Waals surface area contributed by atoms with E-state index in [1.54, 1.807) is 6.92 Å². The van der Waals surface area contributed by atoms with E-state index in [1.165, 1.54) is 0 Å². The molecule has 1 N–H and O–H groups in total. The second-order valence-electron chi connectivity index (χ2n) is 4.77. The van der Waals surface area contributed by atoms with Crippen molar-refractivity contribution in [2.24, 2.45) is 0 Å². The summed E-state index contributed by atoms with van der Waals surface area (Å²) in [6.07, 6.45) is 5.85. The Morgan fingerprint density at radius 1 is 1.47 bits per heavy atom. The van der Waals surface area contributed by atoms with Crippen LogP contribution in [0.4, 0.5) is 4.39 Å². The fourth-order valence-corrected chi connectivity index (χ4v) is 1.58. The number of allylic oxidation sites excluding steroid dienone is 1. The van der Waals surface area contributed by atoms with Crippen LogP contribution < -0.4 is 5.32 Å². The molecule has 0 saturated heterocycles. The van der Waals surface area contributed by atoms with Gasteiger partial charge in [-0.05, 0) is 46.1 Å². The van der Waals surface area contributed by atoms with Crippen molar-refractivity contribution in [3.8, 4) is 0 Å². The monoisotopic (exact) mass is 245 g/mol. The van der Waals surface area contributed by atoms with Crippen molar-refractivity contribution in [2.45, 2.75) is 57.7 Å². The highest BCUT2D eigenvalue weighted by molar-refractivity contribution is 4.76. The summed E-state index contributed by atoms with van der Waals surface area (Å²) in [7, 11) is 1.90. The highest BCUT2D eigenvalue weighted by atomic mass is 19.1. The van der Waals surface area contributed by atoms with Crippen molar-refractivity contribution in [3.05, 3.63) is 12.7 Å². The second kappa shape index (κ2) is 9.60. The number of likely N-dealkylation sites (N-methyl/N-ethyl adjacent to an activating group) is 1. The van der Waals surface area contributed by atoms with Crippen molar-refractivity contribution in [3.63, 3.8) is 0 Å². The van der Waals surface area contributed by atoms with Crippen LogP contribution in [-0.2, 0) is 4.74 Å². The van der Waals surface area contributed by atoms with Crippen LogP contribution in [0.3, 0.4) is 0 Å². The zero-order valence-electron chi connectivity index (χ0n) is 11.6. The molecule has 0 aliphatic carbocycles. The summed E-state index contributed by atoms with van der Waals surface area (Å²) in [6, 6.07) is 0. The molecule has 102 valence electrons. The van der Waals surface area contributed by atoms with E-state index in [0.717, 1.165) is 25.8 Å². The molecular formula is C14H28FNO. The third kappa shape index (κ3) is 9.31. The van der Waals surface area contributed by atoms with Crippen LogP contribution in [0.5, 0.6) is 0 Å². The van der Waals surface area contributed by atoms with Crippen molar-refractivity contribution in [1.82, 2.24) is 5.32 Å². The van der Waals surface area contributed by atoms with Crippen LogP contribution in [-0.4, -0.2) is 32.0 Å². The van der Waals surface area contributed by atoms with Crippen LogP contribution in [0.15, 0.2) is 12.7 Å². The van der Waals surface area contributed by atoms with Gasteiger partial charge in [0.25, 0.3) is 0 Å². The second-order valence-corrected chi connectivity index (χ2v) is 4.77. The number of ether oxygens (including phenoxy) is 1. The molecule has 0 fully saturated rings. The van der Waals surface area contributed by atoms with Gasteiger partial charge in [0.15, 0.2) is 0 Å². The maximum atomic E-state index is 13.8. The third-order valence-electron chi connectivity index (χ3n) is 3.12. The standard InChI is InChI=1S/C14H28FNO/c1-5-7-8-13(17-12-11-16-4)9-10-14(3,15)6-2/h5,13,16H,1,6-12H2,2-4H3/t13?,14-/m0/s1. The van der Waals surface area contributed by atoms with E-state index in [9.17, 15) is 4.39 Å². The molecular weight excluding hydrogens is 217 g/mol. The molecule has 0 amide bonds. The molecule has 0 saturated carbocycles. The lowest BCUT2D eigenvalue weighted by Crippen LogP contribution is -2.24. The minimum absolute atomic E-state index is 0.156. The molecule has 3 heteroatoms. The van der Waals surface area contributed by atoms with E-state index in [0.29, 0.717) is 19.4 Å². The molecule has 0 bridgehead atoms. The van der Waals surface area contributed by atoms with E-state index in [1.807, 2.05) is 20.0 Å². The Morgan fingerprint density at radius 2 is 2.18 bits per heavy atom. The van der Waals surface area contributed by atoms with Gasteiger partial charge in [0.2, 0.25) is 0 Å². The summed E-state index contributed by atoms with van der Waals surface area (Å²) < 4.78 is 19.5. The van der Waals surface area contributed by atoms with Crippen molar-refractivity contribution in [2.75, 3.05) is 20.2 Å². The fourth-order valence-electron chi connectivity index (χ4n) is 1.58. The molecule has 0 aromatic carbocycles. The van der Waals surface area contributed by atoms with Crippen LogP contribution in [0.25, 0.3) is 0 Å². The van der Waals surface area contributed by atoms with E-state index in [-0.39, 0.29) is 6.10 Å². The lowest BCUT2D eigenvalue weighted by molar-refractivity contribution is 0.0297. The fraction of sp³-hybridized carbons (Fsp3) is 0.857. The zero-order valence-corrected chi connectivity index (χ0v) is 11.6. The summed E-state index contributed by atoms with van der Waals surface area (Å²) in [4.78, 5) is 0. The molecule has 2 nitrogen and oxygen atoms in total.